The lowest BCUT2D eigenvalue weighted by molar-refractivity contribution is 0.414. The molecule has 0 atom stereocenters. The number of hydrogen-bond donors (Lipinski definition) is 0. The molecule has 8 heteroatoms. The van der Waals surface area contributed by atoms with E-state index in [0.29, 0.717) is 11.6 Å². The van der Waals surface area contributed by atoms with Crippen LogP contribution in [0.2, 0.25) is 0 Å². The average Bonchev–Trinajstić information content (AvgIpc) is 3.44. The number of oxazole rings is 1. The SMILES string of the molecule is CCn1c(SCc2coc(-c3ccc(OC)cc3)n2)nnc1-c1ccc(OC)cc1. The molecule has 0 spiro atoms. The minimum absolute atomic E-state index is 0.587. The summed E-state index contributed by atoms with van der Waals surface area (Å²) in [5.74, 6) is 3.67. The van der Waals surface area contributed by atoms with E-state index in [1.54, 1.807) is 32.2 Å². The first kappa shape index (κ1) is 20.0. The highest BCUT2D eigenvalue weighted by Gasteiger charge is 2.15. The predicted octanol–water partition coefficient (Wildman–Crippen LogP) is 4.93. The van der Waals surface area contributed by atoms with Crippen LogP contribution in [0.4, 0.5) is 0 Å². The Balaban J connectivity index is 1.47. The summed E-state index contributed by atoms with van der Waals surface area (Å²) in [6.07, 6.45) is 1.68. The van der Waals surface area contributed by atoms with E-state index < -0.39 is 0 Å². The third-order valence-electron chi connectivity index (χ3n) is 4.62. The summed E-state index contributed by atoms with van der Waals surface area (Å²) < 4.78 is 18.2. The van der Waals surface area contributed by atoms with Crippen molar-refractivity contribution in [2.24, 2.45) is 0 Å². The van der Waals surface area contributed by atoms with Gasteiger partial charge >= 0.3 is 0 Å². The zero-order chi connectivity index (χ0) is 20.9. The second kappa shape index (κ2) is 9.04. The van der Waals surface area contributed by atoms with Crippen molar-refractivity contribution in [1.82, 2.24) is 19.7 Å². The number of aromatic nitrogens is 4. The van der Waals surface area contributed by atoms with Crippen molar-refractivity contribution in [3.05, 3.63) is 60.5 Å². The molecular formula is C22H22N4O3S. The molecule has 4 rings (SSSR count). The van der Waals surface area contributed by atoms with Crippen LogP contribution in [0.3, 0.4) is 0 Å². The molecule has 2 aromatic heterocycles. The van der Waals surface area contributed by atoms with Crippen LogP contribution in [0, 0.1) is 0 Å². The van der Waals surface area contributed by atoms with Crippen LogP contribution >= 0.6 is 11.8 Å². The standard InChI is InChI=1S/C22H22N4O3S/c1-4-26-20(15-5-9-18(27-2)10-6-15)24-25-22(26)30-14-17-13-29-21(23-17)16-7-11-19(28-3)12-8-16/h5-13H,4,14H2,1-3H3. The first-order valence-corrected chi connectivity index (χ1v) is 10.5. The molecule has 0 N–H and O–H groups in total. The molecule has 7 nitrogen and oxygen atoms in total. The molecule has 0 fully saturated rings. The van der Waals surface area contributed by atoms with Crippen LogP contribution in [0.5, 0.6) is 11.5 Å². The first-order chi connectivity index (χ1) is 14.7. The molecule has 0 aliphatic rings. The second-order valence-corrected chi connectivity index (χ2v) is 7.38. The van der Waals surface area contributed by atoms with Crippen LogP contribution in [0.15, 0.2) is 64.4 Å². The Morgan fingerprint density at radius 3 is 2.13 bits per heavy atom. The lowest BCUT2D eigenvalue weighted by atomic mass is 10.2. The molecule has 0 unspecified atom stereocenters. The Hall–Kier alpha value is -3.26. The lowest BCUT2D eigenvalue weighted by Crippen LogP contribution is -2.00. The minimum atomic E-state index is 0.587. The van der Waals surface area contributed by atoms with Crippen molar-refractivity contribution < 1.29 is 13.9 Å². The van der Waals surface area contributed by atoms with Gasteiger partial charge in [-0.05, 0) is 55.5 Å². The van der Waals surface area contributed by atoms with Gasteiger partial charge in [0, 0.05) is 23.4 Å². The number of ether oxygens (including phenoxy) is 2. The van der Waals surface area contributed by atoms with Crippen LogP contribution in [-0.2, 0) is 12.3 Å². The Kier molecular flexibility index (Phi) is 6.04. The highest BCUT2D eigenvalue weighted by molar-refractivity contribution is 7.98. The molecule has 2 aromatic carbocycles. The molecule has 0 radical (unpaired) electrons. The van der Waals surface area contributed by atoms with Gasteiger partial charge in [-0.25, -0.2) is 4.98 Å². The zero-order valence-electron chi connectivity index (χ0n) is 17.0. The summed E-state index contributed by atoms with van der Waals surface area (Å²) in [5.41, 5.74) is 2.76. The maximum absolute atomic E-state index is 5.65. The van der Waals surface area contributed by atoms with Gasteiger partial charge in [0.2, 0.25) is 5.89 Å². The van der Waals surface area contributed by atoms with E-state index in [1.165, 1.54) is 0 Å². The maximum atomic E-state index is 5.65. The summed E-state index contributed by atoms with van der Waals surface area (Å²) in [5, 5.41) is 9.61. The summed E-state index contributed by atoms with van der Waals surface area (Å²) in [7, 11) is 3.30. The molecule has 30 heavy (non-hydrogen) atoms. The van der Waals surface area contributed by atoms with Gasteiger partial charge in [0.15, 0.2) is 11.0 Å². The number of nitrogens with zero attached hydrogens (tertiary/aromatic N) is 4. The van der Waals surface area contributed by atoms with E-state index in [1.807, 2.05) is 48.5 Å². The molecule has 0 saturated heterocycles. The highest BCUT2D eigenvalue weighted by Crippen LogP contribution is 2.28. The number of benzene rings is 2. The number of hydrogen-bond acceptors (Lipinski definition) is 7. The van der Waals surface area contributed by atoms with Crippen molar-refractivity contribution in [3.63, 3.8) is 0 Å². The Morgan fingerprint density at radius 1 is 0.900 bits per heavy atom. The van der Waals surface area contributed by atoms with Crippen LogP contribution in [0.1, 0.15) is 12.6 Å². The summed E-state index contributed by atoms with van der Waals surface area (Å²) >= 11 is 1.58. The third kappa shape index (κ3) is 4.18. The summed E-state index contributed by atoms with van der Waals surface area (Å²) in [6, 6.07) is 15.5. The average molecular weight is 423 g/mol. The molecular weight excluding hydrogens is 400 g/mol. The summed E-state index contributed by atoms with van der Waals surface area (Å²) in [4.78, 5) is 4.59. The van der Waals surface area contributed by atoms with Gasteiger partial charge in [0.1, 0.15) is 17.8 Å². The Morgan fingerprint density at radius 2 is 1.53 bits per heavy atom. The lowest BCUT2D eigenvalue weighted by Gasteiger charge is -2.07. The van der Waals surface area contributed by atoms with Crippen molar-refractivity contribution in [3.8, 4) is 34.3 Å². The minimum Gasteiger partial charge on any atom is -0.497 e. The fourth-order valence-corrected chi connectivity index (χ4v) is 3.89. The number of thioether (sulfide) groups is 1. The van der Waals surface area contributed by atoms with Gasteiger partial charge in [-0.1, -0.05) is 11.8 Å². The number of rotatable bonds is 8. The Labute approximate surface area is 179 Å². The molecule has 2 heterocycles. The predicted molar refractivity (Wildman–Crippen MR) is 116 cm³/mol. The van der Waals surface area contributed by atoms with Crippen LogP contribution in [0.25, 0.3) is 22.8 Å². The monoisotopic (exact) mass is 422 g/mol. The van der Waals surface area contributed by atoms with Crippen molar-refractivity contribution >= 4 is 11.8 Å². The highest BCUT2D eigenvalue weighted by atomic mass is 32.2. The van der Waals surface area contributed by atoms with E-state index in [9.17, 15) is 0 Å². The molecule has 0 amide bonds. The number of methoxy groups -OCH3 is 2. The van der Waals surface area contributed by atoms with Gasteiger partial charge in [0.05, 0.1) is 19.9 Å². The molecule has 0 aliphatic carbocycles. The molecule has 0 saturated carbocycles. The van der Waals surface area contributed by atoms with Crippen molar-refractivity contribution in [1.29, 1.82) is 0 Å². The quantitative estimate of drug-likeness (QED) is 0.373. The van der Waals surface area contributed by atoms with Gasteiger partial charge in [-0.3, -0.25) is 0 Å². The molecule has 0 bridgehead atoms. The normalized spacial score (nSPS) is 10.9. The molecule has 4 aromatic rings. The smallest absolute Gasteiger partial charge is 0.226 e. The van der Waals surface area contributed by atoms with Gasteiger partial charge in [0.25, 0.3) is 0 Å². The fraction of sp³-hybridized carbons (Fsp3) is 0.227. The topological polar surface area (TPSA) is 75.2 Å². The van der Waals surface area contributed by atoms with E-state index in [0.717, 1.165) is 45.8 Å². The van der Waals surface area contributed by atoms with Crippen molar-refractivity contribution in [2.75, 3.05) is 14.2 Å². The zero-order valence-corrected chi connectivity index (χ0v) is 17.8. The van der Waals surface area contributed by atoms with E-state index in [4.69, 9.17) is 13.9 Å². The maximum Gasteiger partial charge on any atom is 0.226 e. The van der Waals surface area contributed by atoms with E-state index in [-0.39, 0.29) is 0 Å². The van der Waals surface area contributed by atoms with Gasteiger partial charge < -0.3 is 18.5 Å². The van der Waals surface area contributed by atoms with Gasteiger partial charge in [-0.15, -0.1) is 10.2 Å². The van der Waals surface area contributed by atoms with E-state index in [2.05, 4.69) is 26.7 Å². The molecule has 0 aliphatic heterocycles. The van der Waals surface area contributed by atoms with Gasteiger partial charge in [-0.2, -0.15) is 0 Å². The summed E-state index contributed by atoms with van der Waals surface area (Å²) in [6.45, 7) is 2.85. The van der Waals surface area contributed by atoms with Crippen LogP contribution < -0.4 is 9.47 Å². The van der Waals surface area contributed by atoms with Crippen LogP contribution in [-0.4, -0.2) is 34.0 Å². The largest absolute Gasteiger partial charge is 0.497 e. The first-order valence-electron chi connectivity index (χ1n) is 9.51. The Bertz CT molecular complexity index is 1100. The van der Waals surface area contributed by atoms with E-state index >= 15 is 0 Å². The fourth-order valence-electron chi connectivity index (χ4n) is 3.01. The second-order valence-electron chi connectivity index (χ2n) is 6.44. The molecule has 154 valence electrons. The third-order valence-corrected chi connectivity index (χ3v) is 5.62. The van der Waals surface area contributed by atoms with Crippen molar-refractivity contribution in [2.45, 2.75) is 24.4 Å².